The molecular weight excluding hydrogens is 176 g/mol. The second kappa shape index (κ2) is 3.69. The minimum Gasteiger partial charge on any atom is -0.325 e. The molecule has 1 aliphatic carbocycles. The van der Waals surface area contributed by atoms with Crippen LogP contribution in [0.2, 0.25) is 0 Å². The van der Waals surface area contributed by atoms with E-state index in [4.69, 9.17) is 5.73 Å². The zero-order valence-corrected chi connectivity index (χ0v) is 8.71. The number of rotatable bonds is 4. The number of nitrogens with two attached hydrogens (primary N) is 1. The molecule has 14 heavy (non-hydrogen) atoms. The SMILES string of the molecule is CCCc1n[nH]c(CC2(N)CCC2)n1. The lowest BCUT2D eigenvalue weighted by atomic mass is 9.75. The van der Waals surface area contributed by atoms with Crippen LogP contribution in [0.5, 0.6) is 0 Å². The fourth-order valence-electron chi connectivity index (χ4n) is 1.89. The number of aryl methyl sites for hydroxylation is 1. The molecule has 1 fully saturated rings. The summed E-state index contributed by atoms with van der Waals surface area (Å²) in [5, 5.41) is 7.13. The van der Waals surface area contributed by atoms with Crippen molar-refractivity contribution in [1.82, 2.24) is 15.2 Å². The molecule has 1 aliphatic rings. The fourth-order valence-corrected chi connectivity index (χ4v) is 1.89. The summed E-state index contributed by atoms with van der Waals surface area (Å²) in [7, 11) is 0. The third-order valence-corrected chi connectivity index (χ3v) is 2.92. The van der Waals surface area contributed by atoms with Crippen LogP contribution in [0.25, 0.3) is 0 Å². The number of nitrogens with zero attached hydrogens (tertiary/aromatic N) is 2. The van der Waals surface area contributed by atoms with Crippen LogP contribution in [-0.2, 0) is 12.8 Å². The molecule has 0 amide bonds. The molecule has 3 N–H and O–H groups in total. The van der Waals surface area contributed by atoms with Crippen LogP contribution in [0.4, 0.5) is 0 Å². The van der Waals surface area contributed by atoms with Crippen LogP contribution >= 0.6 is 0 Å². The smallest absolute Gasteiger partial charge is 0.150 e. The number of nitrogens with one attached hydrogen (secondary N) is 1. The number of H-pyrrole nitrogens is 1. The topological polar surface area (TPSA) is 67.6 Å². The van der Waals surface area contributed by atoms with Crippen molar-refractivity contribution in [2.75, 3.05) is 0 Å². The van der Waals surface area contributed by atoms with E-state index in [9.17, 15) is 0 Å². The van der Waals surface area contributed by atoms with E-state index in [0.717, 1.165) is 43.8 Å². The molecule has 1 aromatic heterocycles. The highest BCUT2D eigenvalue weighted by molar-refractivity contribution is 5.02. The Kier molecular flexibility index (Phi) is 2.54. The second-order valence-electron chi connectivity index (χ2n) is 4.34. The van der Waals surface area contributed by atoms with Crippen LogP contribution in [0, 0.1) is 0 Å². The quantitative estimate of drug-likeness (QED) is 0.756. The lowest BCUT2D eigenvalue weighted by Gasteiger charge is -2.37. The fraction of sp³-hybridized carbons (Fsp3) is 0.800. The van der Waals surface area contributed by atoms with Crippen molar-refractivity contribution in [1.29, 1.82) is 0 Å². The summed E-state index contributed by atoms with van der Waals surface area (Å²) >= 11 is 0. The Labute approximate surface area is 84.3 Å². The molecule has 0 radical (unpaired) electrons. The summed E-state index contributed by atoms with van der Waals surface area (Å²) in [6.07, 6.45) is 6.39. The van der Waals surface area contributed by atoms with Crippen molar-refractivity contribution < 1.29 is 0 Å². The predicted octanol–water partition coefficient (Wildman–Crippen LogP) is 1.18. The van der Waals surface area contributed by atoms with Gasteiger partial charge in [-0.1, -0.05) is 6.92 Å². The molecule has 0 bridgehead atoms. The van der Waals surface area contributed by atoms with E-state index in [1.165, 1.54) is 6.42 Å². The van der Waals surface area contributed by atoms with Crippen molar-refractivity contribution in [3.63, 3.8) is 0 Å². The van der Waals surface area contributed by atoms with Gasteiger partial charge in [0.25, 0.3) is 0 Å². The van der Waals surface area contributed by atoms with E-state index in [2.05, 4.69) is 22.1 Å². The summed E-state index contributed by atoms with van der Waals surface area (Å²) in [6, 6.07) is 0. The van der Waals surface area contributed by atoms with Crippen LogP contribution in [0.3, 0.4) is 0 Å². The Morgan fingerprint density at radius 2 is 2.29 bits per heavy atom. The van der Waals surface area contributed by atoms with Gasteiger partial charge in [0, 0.05) is 18.4 Å². The summed E-state index contributed by atoms with van der Waals surface area (Å²) in [5.41, 5.74) is 6.13. The van der Waals surface area contributed by atoms with Crippen LogP contribution in [0.15, 0.2) is 0 Å². The van der Waals surface area contributed by atoms with Gasteiger partial charge in [-0.25, -0.2) is 4.98 Å². The van der Waals surface area contributed by atoms with Crippen LogP contribution in [-0.4, -0.2) is 20.7 Å². The van der Waals surface area contributed by atoms with Crippen LogP contribution < -0.4 is 5.73 Å². The number of hydrogen-bond donors (Lipinski definition) is 2. The molecular formula is C10H18N4. The molecule has 0 aromatic carbocycles. The molecule has 4 nitrogen and oxygen atoms in total. The van der Waals surface area contributed by atoms with Crippen molar-refractivity contribution in [2.24, 2.45) is 5.73 Å². The van der Waals surface area contributed by atoms with Gasteiger partial charge in [0.05, 0.1) is 0 Å². The number of hydrogen-bond acceptors (Lipinski definition) is 3. The van der Waals surface area contributed by atoms with Gasteiger partial charge in [0.2, 0.25) is 0 Å². The van der Waals surface area contributed by atoms with E-state index >= 15 is 0 Å². The van der Waals surface area contributed by atoms with Crippen molar-refractivity contribution in [3.8, 4) is 0 Å². The Morgan fingerprint density at radius 3 is 2.86 bits per heavy atom. The van der Waals surface area contributed by atoms with Crippen molar-refractivity contribution >= 4 is 0 Å². The maximum atomic E-state index is 6.13. The molecule has 0 saturated heterocycles. The largest absolute Gasteiger partial charge is 0.325 e. The monoisotopic (exact) mass is 194 g/mol. The minimum absolute atomic E-state index is 0.00299. The Bertz CT molecular complexity index is 301. The predicted molar refractivity (Wildman–Crippen MR) is 54.9 cm³/mol. The van der Waals surface area contributed by atoms with Gasteiger partial charge in [-0.05, 0) is 25.7 Å². The lowest BCUT2D eigenvalue weighted by Crippen LogP contribution is -2.48. The molecule has 2 rings (SSSR count). The maximum absolute atomic E-state index is 6.13. The minimum atomic E-state index is 0.00299. The molecule has 4 heteroatoms. The van der Waals surface area contributed by atoms with Gasteiger partial charge >= 0.3 is 0 Å². The first-order chi connectivity index (χ1) is 6.72. The molecule has 0 spiro atoms. The lowest BCUT2D eigenvalue weighted by molar-refractivity contribution is 0.243. The van der Waals surface area contributed by atoms with Gasteiger partial charge in [-0.2, -0.15) is 5.10 Å². The molecule has 1 heterocycles. The first-order valence-corrected chi connectivity index (χ1v) is 5.41. The summed E-state index contributed by atoms with van der Waals surface area (Å²) in [4.78, 5) is 4.42. The average molecular weight is 194 g/mol. The van der Waals surface area contributed by atoms with Gasteiger partial charge in [0.15, 0.2) is 5.82 Å². The molecule has 78 valence electrons. The van der Waals surface area contributed by atoms with Gasteiger partial charge in [-0.15, -0.1) is 0 Å². The van der Waals surface area contributed by atoms with Gasteiger partial charge in [0.1, 0.15) is 5.82 Å². The van der Waals surface area contributed by atoms with E-state index in [1.807, 2.05) is 0 Å². The van der Waals surface area contributed by atoms with Gasteiger partial charge in [-0.3, -0.25) is 5.10 Å². The van der Waals surface area contributed by atoms with Crippen LogP contribution in [0.1, 0.15) is 44.3 Å². The van der Waals surface area contributed by atoms with Crippen molar-refractivity contribution in [2.45, 2.75) is 51.0 Å². The Hall–Kier alpha value is -0.900. The summed E-state index contributed by atoms with van der Waals surface area (Å²) < 4.78 is 0. The zero-order valence-electron chi connectivity index (χ0n) is 8.71. The highest BCUT2D eigenvalue weighted by Crippen LogP contribution is 2.31. The highest BCUT2D eigenvalue weighted by Gasteiger charge is 2.33. The normalized spacial score (nSPS) is 19.3. The van der Waals surface area contributed by atoms with E-state index in [0.29, 0.717) is 0 Å². The molecule has 0 unspecified atom stereocenters. The second-order valence-corrected chi connectivity index (χ2v) is 4.34. The first kappa shape index (κ1) is 9.65. The first-order valence-electron chi connectivity index (χ1n) is 5.41. The number of aromatic amines is 1. The molecule has 0 atom stereocenters. The van der Waals surface area contributed by atoms with E-state index in [1.54, 1.807) is 0 Å². The molecule has 0 aliphatic heterocycles. The maximum Gasteiger partial charge on any atom is 0.150 e. The molecule has 1 saturated carbocycles. The number of aromatic nitrogens is 3. The molecule has 1 aromatic rings. The summed E-state index contributed by atoms with van der Waals surface area (Å²) in [6.45, 7) is 2.13. The average Bonchev–Trinajstić information content (AvgIpc) is 2.51. The third-order valence-electron chi connectivity index (χ3n) is 2.92. The zero-order chi connectivity index (χ0) is 10.0. The van der Waals surface area contributed by atoms with Gasteiger partial charge < -0.3 is 5.73 Å². The Morgan fingerprint density at radius 1 is 1.50 bits per heavy atom. The van der Waals surface area contributed by atoms with E-state index in [-0.39, 0.29) is 5.54 Å². The standard InChI is InChI=1S/C10H18N4/c1-2-4-8-12-9(14-13-8)7-10(11)5-3-6-10/h2-7,11H2,1H3,(H,12,13,14). The third kappa shape index (κ3) is 1.95. The Balaban J connectivity index is 1.95. The van der Waals surface area contributed by atoms with Crippen molar-refractivity contribution in [3.05, 3.63) is 11.6 Å². The highest BCUT2D eigenvalue weighted by atomic mass is 15.2. The van der Waals surface area contributed by atoms with E-state index < -0.39 is 0 Å². The summed E-state index contributed by atoms with van der Waals surface area (Å²) in [5.74, 6) is 1.88.